The maximum atomic E-state index is 12.7. The van der Waals surface area contributed by atoms with Crippen LogP contribution in [-0.2, 0) is 16.0 Å². The first-order valence-corrected chi connectivity index (χ1v) is 7.63. The van der Waals surface area contributed by atoms with Crippen LogP contribution in [0.5, 0.6) is 5.75 Å². The van der Waals surface area contributed by atoms with E-state index in [1.165, 1.54) is 7.11 Å². The number of benzene rings is 1. The van der Waals surface area contributed by atoms with Crippen molar-refractivity contribution in [2.45, 2.75) is 46.2 Å². The van der Waals surface area contributed by atoms with E-state index in [-0.39, 0.29) is 23.7 Å². The summed E-state index contributed by atoms with van der Waals surface area (Å²) in [5.74, 6) is -0.0679. The van der Waals surface area contributed by atoms with Crippen LogP contribution in [0.3, 0.4) is 0 Å². The average Bonchev–Trinajstić information content (AvgIpc) is 2.52. The molecule has 0 atom stereocenters. The Labute approximate surface area is 136 Å². The van der Waals surface area contributed by atoms with Gasteiger partial charge in [-0.15, -0.1) is 0 Å². The van der Waals surface area contributed by atoms with Gasteiger partial charge in [0.05, 0.1) is 7.11 Å². The van der Waals surface area contributed by atoms with Crippen LogP contribution in [0.25, 0.3) is 0 Å². The van der Waals surface area contributed by atoms with E-state index < -0.39 is 5.97 Å². The third-order valence-electron chi connectivity index (χ3n) is 3.69. The number of fused-ring (bicyclic) bond motifs is 1. The molecule has 2 rings (SSSR count). The first-order valence-electron chi connectivity index (χ1n) is 7.63. The van der Waals surface area contributed by atoms with Crippen molar-refractivity contribution in [2.24, 2.45) is 5.16 Å². The van der Waals surface area contributed by atoms with Crippen molar-refractivity contribution in [3.05, 3.63) is 29.3 Å². The summed E-state index contributed by atoms with van der Waals surface area (Å²) in [4.78, 5) is 31.3. The highest BCUT2D eigenvalue weighted by molar-refractivity contribution is 6.37. The molecule has 6 nitrogen and oxygen atoms in total. The molecule has 23 heavy (non-hydrogen) atoms. The van der Waals surface area contributed by atoms with Crippen molar-refractivity contribution >= 4 is 17.6 Å². The highest BCUT2D eigenvalue weighted by Crippen LogP contribution is 2.26. The van der Waals surface area contributed by atoms with Crippen LogP contribution >= 0.6 is 0 Å². The third-order valence-corrected chi connectivity index (χ3v) is 3.69. The molecule has 6 heteroatoms. The number of hydrogen-bond donors (Lipinski definition) is 0. The Bertz CT molecular complexity index is 642. The number of carbonyl (C=O) groups is 2. The molecule has 1 aromatic rings. The predicted molar refractivity (Wildman–Crippen MR) is 86.7 cm³/mol. The predicted octanol–water partition coefficient (Wildman–Crippen LogP) is 2.41. The fourth-order valence-electron chi connectivity index (χ4n) is 2.68. The monoisotopic (exact) mass is 318 g/mol. The van der Waals surface area contributed by atoms with Crippen molar-refractivity contribution in [1.82, 2.24) is 4.90 Å². The number of methoxy groups -OCH3 is 1. The second kappa shape index (κ2) is 6.81. The Kier molecular flexibility index (Phi) is 5.03. The van der Waals surface area contributed by atoms with E-state index in [0.29, 0.717) is 17.7 Å². The Morgan fingerprint density at radius 1 is 1.22 bits per heavy atom. The molecule has 1 amide bonds. The summed E-state index contributed by atoms with van der Waals surface area (Å²) in [6.07, 6.45) is 0.328. The molecular weight excluding hydrogens is 296 g/mol. The first-order chi connectivity index (χ1) is 10.8. The summed E-state index contributed by atoms with van der Waals surface area (Å²) in [5, 5.41) is 3.77. The number of rotatable bonds is 4. The van der Waals surface area contributed by atoms with Gasteiger partial charge in [-0.1, -0.05) is 11.2 Å². The van der Waals surface area contributed by atoms with Gasteiger partial charge in [0.25, 0.3) is 5.91 Å². The second-order valence-corrected chi connectivity index (χ2v) is 6.02. The minimum atomic E-state index is -0.512. The highest BCUT2D eigenvalue weighted by atomic mass is 16.6. The Morgan fingerprint density at radius 2 is 1.87 bits per heavy atom. The van der Waals surface area contributed by atoms with Gasteiger partial charge >= 0.3 is 5.97 Å². The molecule has 0 unspecified atom stereocenters. The SMILES string of the molecule is COC(=O)C1=NOc2cc(C(=O)N(C(C)C)C(C)C)ccc2C1. The van der Waals surface area contributed by atoms with Gasteiger partial charge in [0.2, 0.25) is 0 Å². The van der Waals surface area contributed by atoms with Gasteiger partial charge in [-0.05, 0) is 39.8 Å². The van der Waals surface area contributed by atoms with Crippen molar-refractivity contribution in [3.8, 4) is 5.75 Å². The minimum absolute atomic E-state index is 0.0517. The largest absolute Gasteiger partial charge is 0.464 e. The normalized spacial score (nSPS) is 13.3. The molecule has 0 N–H and O–H groups in total. The van der Waals surface area contributed by atoms with E-state index in [2.05, 4.69) is 9.89 Å². The number of nitrogens with zero attached hydrogens (tertiary/aromatic N) is 2. The van der Waals surface area contributed by atoms with Crippen LogP contribution in [0, 0.1) is 0 Å². The van der Waals surface area contributed by atoms with E-state index in [4.69, 9.17) is 4.84 Å². The lowest BCUT2D eigenvalue weighted by Crippen LogP contribution is -2.42. The fourth-order valence-corrected chi connectivity index (χ4v) is 2.68. The van der Waals surface area contributed by atoms with Gasteiger partial charge in [-0.2, -0.15) is 0 Å². The van der Waals surface area contributed by atoms with Gasteiger partial charge in [-0.3, -0.25) is 4.79 Å². The van der Waals surface area contributed by atoms with Crippen molar-refractivity contribution in [3.63, 3.8) is 0 Å². The number of amides is 1. The summed E-state index contributed by atoms with van der Waals surface area (Å²) in [6.45, 7) is 7.94. The zero-order valence-corrected chi connectivity index (χ0v) is 14.1. The number of oxime groups is 1. The summed E-state index contributed by atoms with van der Waals surface area (Å²) in [6, 6.07) is 5.42. The summed E-state index contributed by atoms with van der Waals surface area (Å²) >= 11 is 0. The molecule has 0 saturated carbocycles. The summed E-state index contributed by atoms with van der Waals surface area (Å²) in [5.41, 5.74) is 1.56. The van der Waals surface area contributed by atoms with Crippen molar-refractivity contribution in [2.75, 3.05) is 7.11 Å². The van der Waals surface area contributed by atoms with E-state index in [1.54, 1.807) is 18.2 Å². The molecule has 1 aliphatic rings. The summed E-state index contributed by atoms with van der Waals surface area (Å²) < 4.78 is 4.64. The number of carbonyl (C=O) groups excluding carboxylic acids is 2. The Balaban J connectivity index is 2.26. The molecule has 0 aromatic heterocycles. The quantitative estimate of drug-likeness (QED) is 0.800. The first kappa shape index (κ1) is 17.0. The van der Waals surface area contributed by atoms with Gasteiger partial charge in [-0.25, -0.2) is 4.79 Å². The van der Waals surface area contributed by atoms with Gasteiger partial charge in [0.1, 0.15) is 0 Å². The maximum Gasteiger partial charge on any atom is 0.356 e. The molecule has 0 radical (unpaired) electrons. The Hall–Kier alpha value is -2.37. The molecule has 1 heterocycles. The highest BCUT2D eigenvalue weighted by Gasteiger charge is 2.25. The zero-order chi connectivity index (χ0) is 17.1. The van der Waals surface area contributed by atoms with E-state index in [1.807, 2.05) is 32.6 Å². The Morgan fingerprint density at radius 3 is 2.43 bits per heavy atom. The van der Waals surface area contributed by atoms with Crippen LogP contribution < -0.4 is 4.84 Å². The van der Waals surface area contributed by atoms with Crippen LogP contribution in [0.15, 0.2) is 23.4 Å². The van der Waals surface area contributed by atoms with E-state index in [0.717, 1.165) is 5.56 Å². The molecule has 0 fully saturated rings. The van der Waals surface area contributed by atoms with Crippen molar-refractivity contribution < 1.29 is 19.2 Å². The summed E-state index contributed by atoms with van der Waals surface area (Å²) in [7, 11) is 1.30. The topological polar surface area (TPSA) is 68.2 Å². The van der Waals surface area contributed by atoms with Gasteiger partial charge in [0, 0.05) is 29.6 Å². The van der Waals surface area contributed by atoms with Gasteiger partial charge < -0.3 is 14.5 Å². The number of ether oxygens (including phenoxy) is 1. The lowest BCUT2D eigenvalue weighted by Gasteiger charge is -2.31. The van der Waals surface area contributed by atoms with Crippen LogP contribution in [0.2, 0.25) is 0 Å². The van der Waals surface area contributed by atoms with Gasteiger partial charge in [0.15, 0.2) is 11.5 Å². The standard InChI is InChI=1S/C17H22N2O4/c1-10(2)19(11(3)4)16(20)13-7-6-12-8-14(17(21)22-5)18-23-15(12)9-13/h6-7,9-11H,8H2,1-5H3. The number of hydrogen-bond acceptors (Lipinski definition) is 5. The van der Waals surface area contributed by atoms with E-state index in [9.17, 15) is 9.59 Å². The molecule has 0 saturated heterocycles. The second-order valence-electron chi connectivity index (χ2n) is 6.02. The lowest BCUT2D eigenvalue weighted by molar-refractivity contribution is -0.133. The van der Waals surface area contributed by atoms with E-state index >= 15 is 0 Å². The molecule has 0 bridgehead atoms. The molecule has 1 aromatic carbocycles. The smallest absolute Gasteiger partial charge is 0.356 e. The average molecular weight is 318 g/mol. The lowest BCUT2D eigenvalue weighted by atomic mass is 10.0. The number of esters is 1. The molecule has 0 spiro atoms. The molecule has 124 valence electrons. The maximum absolute atomic E-state index is 12.7. The van der Waals surface area contributed by atoms with Crippen LogP contribution in [0.1, 0.15) is 43.6 Å². The molecule has 0 aliphatic carbocycles. The minimum Gasteiger partial charge on any atom is -0.464 e. The van der Waals surface area contributed by atoms with Crippen molar-refractivity contribution in [1.29, 1.82) is 0 Å². The zero-order valence-electron chi connectivity index (χ0n) is 14.1. The molecular formula is C17H22N2O4. The fraction of sp³-hybridized carbons (Fsp3) is 0.471. The third kappa shape index (κ3) is 3.52. The van der Waals surface area contributed by atoms with Crippen LogP contribution in [-0.4, -0.2) is 41.7 Å². The molecule has 1 aliphatic heterocycles. The van der Waals surface area contributed by atoms with Crippen LogP contribution in [0.4, 0.5) is 0 Å².